The monoisotopic (exact) mass is 359 g/mol. The van der Waals surface area contributed by atoms with Gasteiger partial charge in [0.15, 0.2) is 0 Å². The van der Waals surface area contributed by atoms with E-state index in [1.165, 1.54) is 11.2 Å². The lowest BCUT2D eigenvalue weighted by Crippen LogP contribution is -2.35. The maximum Gasteiger partial charge on any atom is 0.235 e. The molecule has 0 spiro atoms. The van der Waals surface area contributed by atoms with Gasteiger partial charge in [-0.05, 0) is 11.6 Å². The van der Waals surface area contributed by atoms with Crippen LogP contribution in [0.1, 0.15) is 5.56 Å². The molecule has 2 aliphatic heterocycles. The first-order chi connectivity index (χ1) is 13.2. The third kappa shape index (κ3) is 2.54. The number of anilines is 1. The number of nitrogens with zero attached hydrogens (tertiary/aromatic N) is 5. The maximum atomic E-state index is 12.9. The summed E-state index contributed by atoms with van der Waals surface area (Å²) in [7, 11) is 0. The van der Waals surface area contributed by atoms with Gasteiger partial charge in [-0.2, -0.15) is 0 Å². The molecule has 2 saturated heterocycles. The number of amides is 2. The second-order valence-corrected chi connectivity index (χ2v) is 6.96. The fraction of sp³-hybridized carbons (Fsp3) is 0.250. The lowest BCUT2D eigenvalue weighted by Gasteiger charge is -2.22. The highest BCUT2D eigenvalue weighted by Crippen LogP contribution is 2.37. The van der Waals surface area contributed by atoms with Gasteiger partial charge in [0, 0.05) is 24.7 Å². The quantitative estimate of drug-likeness (QED) is 0.662. The van der Waals surface area contributed by atoms with Crippen molar-refractivity contribution in [3.05, 3.63) is 60.7 Å². The van der Waals surface area contributed by atoms with Crippen LogP contribution in [0.3, 0.4) is 0 Å². The zero-order chi connectivity index (χ0) is 18.4. The molecular formula is C20H17N5O2. The first-order valence-corrected chi connectivity index (χ1v) is 8.91. The minimum Gasteiger partial charge on any atom is -0.354 e. The smallest absolute Gasteiger partial charge is 0.235 e. The van der Waals surface area contributed by atoms with Crippen molar-refractivity contribution in [1.82, 2.24) is 19.9 Å². The molecule has 2 atom stereocenters. The largest absolute Gasteiger partial charge is 0.354 e. The number of carbonyl (C=O) groups excluding carboxylic acids is 2. The lowest BCUT2D eigenvalue weighted by atomic mass is 10.00. The van der Waals surface area contributed by atoms with E-state index in [0.717, 1.165) is 22.3 Å². The Kier molecular flexibility index (Phi) is 3.60. The number of likely N-dealkylation sites (tertiary alicyclic amines) is 1. The van der Waals surface area contributed by atoms with E-state index in [0.29, 0.717) is 19.6 Å². The van der Waals surface area contributed by atoms with Crippen LogP contribution >= 0.6 is 0 Å². The molecule has 5 rings (SSSR count). The normalized spacial score (nSPS) is 21.9. The molecule has 0 bridgehead atoms. The number of hydrogen-bond donors (Lipinski definition) is 0. The predicted octanol–water partition coefficient (Wildman–Crippen LogP) is 1.65. The molecular weight excluding hydrogens is 342 g/mol. The number of imide groups is 1. The van der Waals surface area contributed by atoms with Crippen LogP contribution < -0.4 is 4.90 Å². The molecule has 1 aromatic carbocycles. The number of fused-ring (bicyclic) bond motifs is 2. The summed E-state index contributed by atoms with van der Waals surface area (Å²) in [6, 6.07) is 11.5. The molecule has 2 unspecified atom stereocenters. The Labute approximate surface area is 155 Å². The Hall–Kier alpha value is -3.35. The number of rotatable bonds is 3. The van der Waals surface area contributed by atoms with Gasteiger partial charge in [0.05, 0.1) is 30.1 Å². The van der Waals surface area contributed by atoms with Crippen molar-refractivity contribution in [3.8, 4) is 0 Å². The standard InChI is InChI=1S/C20H17N5O2/c26-19-15-10-24(18-14-6-7-21-8-17(14)22-12-23-18)11-16(15)20(27)25(19)9-13-4-2-1-3-5-13/h1-8,12,15-16H,9-11H2. The Morgan fingerprint density at radius 1 is 0.963 bits per heavy atom. The highest BCUT2D eigenvalue weighted by molar-refractivity contribution is 6.06. The van der Waals surface area contributed by atoms with E-state index in [1.807, 2.05) is 41.3 Å². The van der Waals surface area contributed by atoms with Crippen LogP contribution in [-0.2, 0) is 16.1 Å². The van der Waals surface area contributed by atoms with Gasteiger partial charge in [0.1, 0.15) is 12.1 Å². The zero-order valence-electron chi connectivity index (χ0n) is 14.5. The molecule has 2 aromatic heterocycles. The third-order valence-corrected chi connectivity index (χ3v) is 5.39. The molecule has 2 fully saturated rings. The molecule has 0 N–H and O–H groups in total. The number of hydrogen-bond acceptors (Lipinski definition) is 6. The molecule has 27 heavy (non-hydrogen) atoms. The van der Waals surface area contributed by atoms with Crippen LogP contribution in [0.4, 0.5) is 5.82 Å². The van der Waals surface area contributed by atoms with Crippen LogP contribution in [0, 0.1) is 11.8 Å². The molecule has 7 heteroatoms. The SMILES string of the molecule is O=C1C2CN(c3ncnc4cnccc34)CC2C(=O)N1Cc1ccccc1. The number of carbonyl (C=O) groups is 2. The van der Waals surface area contributed by atoms with E-state index >= 15 is 0 Å². The van der Waals surface area contributed by atoms with E-state index < -0.39 is 0 Å². The maximum absolute atomic E-state index is 12.9. The molecule has 2 aliphatic rings. The summed E-state index contributed by atoms with van der Waals surface area (Å²) < 4.78 is 0. The predicted molar refractivity (Wildman–Crippen MR) is 98.5 cm³/mol. The van der Waals surface area contributed by atoms with Gasteiger partial charge in [-0.25, -0.2) is 9.97 Å². The Morgan fingerprint density at radius 3 is 2.44 bits per heavy atom. The van der Waals surface area contributed by atoms with Crippen LogP contribution in [0.25, 0.3) is 10.9 Å². The highest BCUT2D eigenvalue weighted by atomic mass is 16.2. The second-order valence-electron chi connectivity index (χ2n) is 6.96. The Bertz CT molecular complexity index is 1010. The van der Waals surface area contributed by atoms with Crippen LogP contribution in [0.15, 0.2) is 55.1 Å². The average Bonchev–Trinajstić information content (AvgIpc) is 3.24. The fourth-order valence-electron chi connectivity index (χ4n) is 4.05. The van der Waals surface area contributed by atoms with Gasteiger partial charge < -0.3 is 4.90 Å². The zero-order valence-corrected chi connectivity index (χ0v) is 14.5. The summed E-state index contributed by atoms with van der Waals surface area (Å²) in [5, 5.41) is 0.883. The molecule has 3 aromatic rings. The van der Waals surface area contributed by atoms with Crippen molar-refractivity contribution >= 4 is 28.5 Å². The average molecular weight is 359 g/mol. The topological polar surface area (TPSA) is 79.3 Å². The molecule has 2 amide bonds. The van der Waals surface area contributed by atoms with Gasteiger partial charge >= 0.3 is 0 Å². The van der Waals surface area contributed by atoms with Crippen molar-refractivity contribution in [2.45, 2.75) is 6.54 Å². The second kappa shape index (κ2) is 6.12. The van der Waals surface area contributed by atoms with E-state index in [-0.39, 0.29) is 23.7 Å². The van der Waals surface area contributed by atoms with Crippen LogP contribution in [-0.4, -0.2) is 44.8 Å². The van der Waals surface area contributed by atoms with E-state index in [4.69, 9.17) is 0 Å². The molecule has 134 valence electrons. The molecule has 0 aliphatic carbocycles. The molecule has 0 radical (unpaired) electrons. The van der Waals surface area contributed by atoms with Crippen molar-refractivity contribution in [1.29, 1.82) is 0 Å². The molecule has 7 nitrogen and oxygen atoms in total. The minimum atomic E-state index is -0.312. The number of aromatic nitrogens is 3. The van der Waals surface area contributed by atoms with Crippen LogP contribution in [0.2, 0.25) is 0 Å². The van der Waals surface area contributed by atoms with Gasteiger partial charge in [-0.3, -0.25) is 19.5 Å². The third-order valence-electron chi connectivity index (χ3n) is 5.39. The van der Waals surface area contributed by atoms with Crippen LogP contribution in [0.5, 0.6) is 0 Å². The van der Waals surface area contributed by atoms with E-state index in [9.17, 15) is 9.59 Å². The van der Waals surface area contributed by atoms with Crippen molar-refractivity contribution < 1.29 is 9.59 Å². The van der Waals surface area contributed by atoms with E-state index in [2.05, 4.69) is 15.0 Å². The summed E-state index contributed by atoms with van der Waals surface area (Å²) in [6.07, 6.45) is 4.89. The molecule has 4 heterocycles. The first kappa shape index (κ1) is 15.9. The summed E-state index contributed by atoms with van der Waals surface area (Å²) in [5.74, 6) is -0.0408. The molecule has 0 saturated carbocycles. The fourth-order valence-corrected chi connectivity index (χ4v) is 4.05. The number of benzene rings is 1. The summed E-state index contributed by atoms with van der Waals surface area (Å²) in [4.78, 5) is 41.9. The Balaban J connectivity index is 1.40. The van der Waals surface area contributed by atoms with Gasteiger partial charge in [0.25, 0.3) is 0 Å². The summed E-state index contributed by atoms with van der Waals surface area (Å²) in [5.41, 5.74) is 1.72. The summed E-state index contributed by atoms with van der Waals surface area (Å²) >= 11 is 0. The summed E-state index contributed by atoms with van der Waals surface area (Å²) in [6.45, 7) is 1.33. The van der Waals surface area contributed by atoms with Gasteiger partial charge in [-0.1, -0.05) is 30.3 Å². The van der Waals surface area contributed by atoms with Gasteiger partial charge in [-0.15, -0.1) is 0 Å². The van der Waals surface area contributed by atoms with E-state index in [1.54, 1.807) is 12.4 Å². The van der Waals surface area contributed by atoms with Crippen molar-refractivity contribution in [2.75, 3.05) is 18.0 Å². The Morgan fingerprint density at radius 2 is 1.70 bits per heavy atom. The minimum absolute atomic E-state index is 0.0867. The number of pyridine rings is 1. The first-order valence-electron chi connectivity index (χ1n) is 8.91. The van der Waals surface area contributed by atoms with Crippen molar-refractivity contribution in [3.63, 3.8) is 0 Å². The highest BCUT2D eigenvalue weighted by Gasteiger charge is 2.52. The van der Waals surface area contributed by atoms with Crippen molar-refractivity contribution in [2.24, 2.45) is 11.8 Å². The lowest BCUT2D eigenvalue weighted by molar-refractivity contribution is -0.140. The van der Waals surface area contributed by atoms with Gasteiger partial charge in [0.2, 0.25) is 11.8 Å².